The van der Waals surface area contributed by atoms with E-state index < -0.39 is 95.2 Å². The number of ether oxygens (including phenoxy) is 1. The highest BCUT2D eigenvalue weighted by atomic mass is 16.5. The first-order chi connectivity index (χ1) is 28.8. The van der Waals surface area contributed by atoms with Crippen molar-refractivity contribution in [1.29, 1.82) is 0 Å². The first-order valence-corrected chi connectivity index (χ1v) is 20.0. The van der Waals surface area contributed by atoms with E-state index in [9.17, 15) is 43.5 Å². The smallest absolute Gasteiger partial charge is 0.333 e. The molecule has 4 N–H and O–H groups in total. The van der Waals surface area contributed by atoms with Gasteiger partial charge < -0.3 is 40.5 Å². The molecule has 1 aromatic heterocycles. The number of rotatable bonds is 6. The topological polar surface area (TPSA) is 225 Å². The third-order valence-electron chi connectivity index (χ3n) is 11.2. The molecule has 0 aliphatic carbocycles. The largest absolute Gasteiger partial charge is 0.505 e. The summed E-state index contributed by atoms with van der Waals surface area (Å²) >= 11 is 0. The van der Waals surface area contributed by atoms with Gasteiger partial charge in [-0.15, -0.1) is 0 Å². The second kappa shape index (κ2) is 18.9. The predicted octanol–water partition coefficient (Wildman–Crippen LogP) is 1.20. The fourth-order valence-corrected chi connectivity index (χ4v) is 7.88. The van der Waals surface area contributed by atoms with E-state index >= 15 is 0 Å². The highest BCUT2D eigenvalue weighted by Gasteiger charge is 2.45. The maximum Gasteiger partial charge on any atom is 0.333 e. The molecule has 3 aromatic rings. The number of ketones is 1. The number of nitrogens with one attached hydrogen (secondary N) is 3. The van der Waals surface area contributed by atoms with E-state index in [2.05, 4.69) is 20.9 Å². The molecule has 4 heterocycles. The number of carbonyl (C=O) groups excluding carboxylic acids is 8. The maximum atomic E-state index is 14.8. The van der Waals surface area contributed by atoms with Gasteiger partial charge in [0.2, 0.25) is 29.5 Å². The van der Waals surface area contributed by atoms with E-state index in [0.29, 0.717) is 6.42 Å². The number of likely N-dealkylation sites (N-methyl/N-ethyl adjacent to an activating group) is 1. The average molecular weight is 824 g/mol. The number of cyclic esters (lactones) is 1. The molecule has 2 aromatic carbocycles. The third-order valence-corrected chi connectivity index (χ3v) is 11.2. The Kier molecular flexibility index (Phi) is 13.6. The molecule has 6 rings (SSSR count). The van der Waals surface area contributed by atoms with Crippen LogP contribution in [-0.4, -0.2) is 128 Å². The lowest BCUT2D eigenvalue weighted by Crippen LogP contribution is -2.61. The number of aromatic nitrogens is 1. The van der Waals surface area contributed by atoms with Gasteiger partial charge in [0, 0.05) is 45.6 Å². The molecule has 60 heavy (non-hydrogen) atoms. The number of hydrogen-bond donors (Lipinski definition) is 4. The lowest BCUT2D eigenvalue weighted by Gasteiger charge is -2.40. The van der Waals surface area contributed by atoms with Gasteiger partial charge >= 0.3 is 5.97 Å². The van der Waals surface area contributed by atoms with Gasteiger partial charge in [-0.05, 0) is 49.4 Å². The molecule has 0 unspecified atom stereocenters. The van der Waals surface area contributed by atoms with Crippen LogP contribution < -0.4 is 16.0 Å². The maximum absolute atomic E-state index is 14.8. The Hall–Kier alpha value is -6.65. The highest BCUT2D eigenvalue weighted by Crippen LogP contribution is 2.26. The number of amides is 6. The number of fused-ring (bicyclic) bond motifs is 2. The van der Waals surface area contributed by atoms with Crippen molar-refractivity contribution in [3.05, 3.63) is 95.8 Å². The summed E-state index contributed by atoms with van der Waals surface area (Å²) in [5.41, 5.74) is 0.560. The molecule has 0 saturated carbocycles. The molecule has 17 nitrogen and oxygen atoms in total. The summed E-state index contributed by atoms with van der Waals surface area (Å²) in [6.07, 6.45) is 0.235. The molecule has 0 spiro atoms. The Morgan fingerprint density at radius 2 is 1.53 bits per heavy atom. The molecular formula is C43H49N7O10. The van der Waals surface area contributed by atoms with Crippen LogP contribution in [0.5, 0.6) is 5.75 Å². The Labute approximate surface area is 346 Å². The number of aromatic hydroxyl groups is 1. The second-order valence-electron chi connectivity index (χ2n) is 15.2. The number of piperidine rings is 1. The first-order valence-electron chi connectivity index (χ1n) is 20.0. The third kappa shape index (κ3) is 9.45. The predicted molar refractivity (Wildman–Crippen MR) is 213 cm³/mol. The summed E-state index contributed by atoms with van der Waals surface area (Å²) in [5, 5.41) is 18.2. The van der Waals surface area contributed by atoms with E-state index in [1.54, 1.807) is 61.5 Å². The van der Waals surface area contributed by atoms with Gasteiger partial charge in [-0.3, -0.25) is 33.6 Å². The number of pyridine rings is 1. The van der Waals surface area contributed by atoms with Crippen LogP contribution in [0.25, 0.3) is 0 Å². The molecule has 3 fully saturated rings. The van der Waals surface area contributed by atoms with Crippen molar-refractivity contribution in [2.75, 3.05) is 20.1 Å². The summed E-state index contributed by atoms with van der Waals surface area (Å²) in [5.74, 6) is -6.30. The average Bonchev–Trinajstić information content (AvgIpc) is 3.75. The van der Waals surface area contributed by atoms with Crippen LogP contribution in [0.3, 0.4) is 0 Å². The van der Waals surface area contributed by atoms with Gasteiger partial charge in [0.05, 0.1) is 0 Å². The van der Waals surface area contributed by atoms with Crippen LogP contribution in [0, 0.1) is 0 Å². The molecule has 6 amide bonds. The van der Waals surface area contributed by atoms with Crippen molar-refractivity contribution in [1.82, 2.24) is 35.6 Å². The molecular weight excluding hydrogens is 775 g/mol. The standard InChI is InChI=1S/C43H49N7O10/c1-4-29-40(56)49-21-12-17-30(49)41(57)48(3)32(23-26-13-7-5-8-14-26)42(58)50-22-19-28(51)24-31(50)37(53)47-35(27-15-9-6-10-16-27)43(59)60-25(2)34(38(54)45-29)46-39(55)36-33(52)18-11-20-44-36/h5-11,13-16,18,20,25,29-32,34-35,52H,4,12,17,19,21-24H2,1-3H3,(H,45,54)(H,46,55)(H,47,53)/t25-,29-,30-,31-,32+,34+,35-/m0/s1. The molecule has 3 aliphatic heterocycles. The van der Waals surface area contributed by atoms with Crippen LogP contribution >= 0.6 is 0 Å². The lowest BCUT2D eigenvalue weighted by molar-refractivity contribution is -0.156. The van der Waals surface area contributed by atoms with Crippen molar-refractivity contribution < 1.29 is 48.2 Å². The van der Waals surface area contributed by atoms with Crippen molar-refractivity contribution >= 4 is 47.2 Å². The van der Waals surface area contributed by atoms with Crippen molar-refractivity contribution in [3.63, 3.8) is 0 Å². The van der Waals surface area contributed by atoms with Crippen LogP contribution in [0.1, 0.15) is 73.6 Å². The Morgan fingerprint density at radius 3 is 2.22 bits per heavy atom. The zero-order chi connectivity index (χ0) is 43.1. The number of esters is 1. The second-order valence-corrected chi connectivity index (χ2v) is 15.2. The summed E-state index contributed by atoms with van der Waals surface area (Å²) in [6, 6.07) is 11.7. The van der Waals surface area contributed by atoms with Crippen molar-refractivity contribution in [2.24, 2.45) is 0 Å². The zero-order valence-corrected chi connectivity index (χ0v) is 33.6. The van der Waals surface area contributed by atoms with Gasteiger partial charge in [-0.2, -0.15) is 0 Å². The fourth-order valence-electron chi connectivity index (χ4n) is 7.88. The number of hydrogen-bond acceptors (Lipinski definition) is 11. The molecule has 0 bridgehead atoms. The van der Waals surface area contributed by atoms with Crippen LogP contribution in [-0.2, 0) is 44.7 Å². The highest BCUT2D eigenvalue weighted by molar-refractivity contribution is 6.01. The Morgan fingerprint density at radius 1 is 0.850 bits per heavy atom. The number of nitrogens with zero attached hydrogens (tertiary/aromatic N) is 4. The summed E-state index contributed by atoms with van der Waals surface area (Å²) in [4.78, 5) is 121. The molecule has 7 atom stereocenters. The van der Waals surface area contributed by atoms with Gasteiger partial charge in [-0.1, -0.05) is 67.6 Å². The Bertz CT molecular complexity index is 2120. The quantitative estimate of drug-likeness (QED) is 0.259. The SMILES string of the molecule is CC[C@@H]1NC(=O)[C@H](NC(=O)c2ncccc2O)[C@H](C)OC(=O)[C@H](c2ccccc2)NC(=O)[C@@H]2CC(=O)CCN2C(=O)[C@@H](Cc2ccccc2)N(C)C(=O)[C@@H]2CCCN2C1=O. The van der Waals surface area contributed by atoms with E-state index in [-0.39, 0.29) is 56.5 Å². The minimum Gasteiger partial charge on any atom is -0.505 e. The molecule has 3 aliphatic rings. The first kappa shape index (κ1) is 42.9. The molecule has 3 saturated heterocycles. The summed E-state index contributed by atoms with van der Waals surface area (Å²) in [7, 11) is 1.47. The van der Waals surface area contributed by atoms with Crippen LogP contribution in [0.15, 0.2) is 79.0 Å². The van der Waals surface area contributed by atoms with E-state index in [4.69, 9.17) is 4.74 Å². The molecule has 316 valence electrons. The van der Waals surface area contributed by atoms with E-state index in [1.807, 2.05) is 6.07 Å². The van der Waals surface area contributed by atoms with Gasteiger partial charge in [-0.25, -0.2) is 9.78 Å². The van der Waals surface area contributed by atoms with E-state index in [1.165, 1.54) is 47.0 Å². The van der Waals surface area contributed by atoms with Gasteiger partial charge in [0.1, 0.15) is 47.8 Å². The fraction of sp³-hybridized carbons (Fsp3) is 0.419. The Balaban J connectivity index is 1.43. The van der Waals surface area contributed by atoms with Gasteiger partial charge in [0.25, 0.3) is 5.91 Å². The van der Waals surface area contributed by atoms with Crippen molar-refractivity contribution in [3.8, 4) is 5.75 Å². The van der Waals surface area contributed by atoms with Gasteiger partial charge in [0.15, 0.2) is 11.7 Å². The number of carbonyl (C=O) groups is 8. The zero-order valence-electron chi connectivity index (χ0n) is 33.6. The minimum absolute atomic E-state index is 0.0410. The monoisotopic (exact) mass is 823 g/mol. The van der Waals surface area contributed by atoms with E-state index in [0.717, 1.165) is 5.56 Å². The van der Waals surface area contributed by atoms with Crippen LogP contribution in [0.4, 0.5) is 0 Å². The minimum atomic E-state index is -1.68. The molecule has 17 heteroatoms. The molecule has 0 radical (unpaired) electrons. The van der Waals surface area contributed by atoms with Crippen molar-refractivity contribution in [2.45, 2.75) is 94.7 Å². The normalized spacial score (nSPS) is 26.1. The summed E-state index contributed by atoms with van der Waals surface area (Å²) < 4.78 is 5.83. The lowest BCUT2D eigenvalue weighted by atomic mass is 9.95. The van der Waals surface area contributed by atoms with Crippen LogP contribution in [0.2, 0.25) is 0 Å². The number of benzene rings is 2. The number of Topliss-reactive ketones (excluding diaryl/α,β-unsaturated/α-hetero) is 1. The summed E-state index contributed by atoms with van der Waals surface area (Å²) in [6.45, 7) is 3.03.